The number of likely N-dealkylation sites (tertiary alicyclic amines) is 1. The number of hydrogen-bond donors (Lipinski definition) is 3. The fraction of sp³-hybridized carbons (Fsp3) is 0.739. The number of hydrogen-bond acceptors (Lipinski definition) is 7. The van der Waals surface area contributed by atoms with Gasteiger partial charge in [-0.2, -0.15) is 0 Å². The maximum absolute atomic E-state index is 13.0. The van der Waals surface area contributed by atoms with Crippen molar-refractivity contribution in [2.24, 2.45) is 11.8 Å². The summed E-state index contributed by atoms with van der Waals surface area (Å²) in [6.45, 7) is 6.23. The molecule has 3 saturated heterocycles. The summed E-state index contributed by atoms with van der Waals surface area (Å²) in [4.78, 5) is 55.9. The maximum atomic E-state index is 13.0. The Hall–Kier alpha value is -2.11. The summed E-state index contributed by atoms with van der Waals surface area (Å²) < 4.78 is 0. The number of β-lactam (4-membered cyclic amide) rings is 1. The zero-order valence-electron chi connectivity index (χ0n) is 20.2. The van der Waals surface area contributed by atoms with E-state index in [0.29, 0.717) is 17.9 Å². The van der Waals surface area contributed by atoms with Gasteiger partial charge in [0.25, 0.3) is 0 Å². The minimum absolute atomic E-state index is 0.0601. The summed E-state index contributed by atoms with van der Waals surface area (Å²) in [6, 6.07) is -0.912. The van der Waals surface area contributed by atoms with Crippen molar-refractivity contribution in [2.75, 3.05) is 40.3 Å². The molecular formula is C23H35N5O5S. The lowest BCUT2D eigenvalue weighted by molar-refractivity contribution is -0.158. The second-order valence-corrected chi connectivity index (χ2v) is 11.4. The number of nitrogens with one attached hydrogen (secondary N) is 2. The highest BCUT2D eigenvalue weighted by molar-refractivity contribution is 8.03. The van der Waals surface area contributed by atoms with E-state index in [2.05, 4.69) is 10.6 Å². The van der Waals surface area contributed by atoms with Gasteiger partial charge in [-0.15, -0.1) is 11.8 Å². The van der Waals surface area contributed by atoms with Gasteiger partial charge in [-0.05, 0) is 40.3 Å². The van der Waals surface area contributed by atoms with E-state index >= 15 is 0 Å². The molecule has 0 aromatic carbocycles. The Bertz CT molecular complexity index is 902. The Morgan fingerprint density at radius 1 is 1.26 bits per heavy atom. The number of thioether (sulfide) groups is 1. The molecule has 0 aromatic rings. The molecule has 34 heavy (non-hydrogen) atoms. The first-order valence-corrected chi connectivity index (χ1v) is 12.9. The van der Waals surface area contributed by atoms with E-state index < -0.39 is 17.9 Å². The molecule has 6 atom stereocenters. The minimum atomic E-state index is -1.11. The van der Waals surface area contributed by atoms with Gasteiger partial charge in [-0.25, -0.2) is 4.79 Å². The van der Waals surface area contributed by atoms with Gasteiger partial charge in [0.2, 0.25) is 17.7 Å². The number of likely N-dealkylation sites (N-methyl/N-ethyl adjacent to an activating group) is 1. The molecule has 3 amide bonds. The first-order valence-electron chi connectivity index (χ1n) is 12.0. The van der Waals surface area contributed by atoms with Crippen LogP contribution in [0.15, 0.2) is 10.6 Å². The van der Waals surface area contributed by atoms with E-state index in [1.165, 1.54) is 16.7 Å². The Morgan fingerprint density at radius 3 is 2.56 bits per heavy atom. The fourth-order valence-electron chi connectivity index (χ4n) is 5.69. The van der Waals surface area contributed by atoms with Crippen molar-refractivity contribution >= 4 is 35.5 Å². The standard InChI is InChI=1S/C23H35N5O5S/c1-12-18-17(13(2)25-16(29)11-26(3)4)22(31)28(18)19(23(32)33)20(12)34-14-9-15(24-10-14)21(30)27-7-5-6-8-27/h12-15,17-18,24H,5-11H2,1-4H3,(H,25,29)(H,32,33)/t12-,13-,14+,15+,17-,18-/m1/s1. The molecule has 0 saturated carbocycles. The summed E-state index contributed by atoms with van der Waals surface area (Å²) >= 11 is 1.49. The molecule has 11 heteroatoms. The van der Waals surface area contributed by atoms with Crippen LogP contribution >= 0.6 is 11.8 Å². The molecule has 4 aliphatic heterocycles. The fourth-order valence-corrected chi connectivity index (χ4v) is 7.17. The third-order valence-corrected chi connectivity index (χ3v) is 8.79. The minimum Gasteiger partial charge on any atom is -0.477 e. The second-order valence-electron chi connectivity index (χ2n) is 10.1. The number of aliphatic carboxylic acids is 1. The lowest BCUT2D eigenvalue weighted by atomic mass is 9.78. The average Bonchev–Trinajstić information content (AvgIpc) is 3.48. The number of carbonyl (C=O) groups excluding carboxylic acids is 3. The average molecular weight is 494 g/mol. The summed E-state index contributed by atoms with van der Waals surface area (Å²) in [5.41, 5.74) is 0.0601. The van der Waals surface area contributed by atoms with E-state index in [1.54, 1.807) is 25.9 Å². The second kappa shape index (κ2) is 9.87. The third kappa shape index (κ3) is 4.57. The van der Waals surface area contributed by atoms with Gasteiger partial charge in [0.05, 0.1) is 24.5 Å². The van der Waals surface area contributed by atoms with Crippen LogP contribution in [0.4, 0.5) is 0 Å². The number of amides is 3. The lowest BCUT2D eigenvalue weighted by Gasteiger charge is -2.47. The van der Waals surface area contributed by atoms with Crippen molar-refractivity contribution in [3.05, 3.63) is 10.6 Å². The summed E-state index contributed by atoms with van der Waals surface area (Å²) in [5, 5.41) is 16.2. The highest BCUT2D eigenvalue weighted by atomic mass is 32.2. The molecule has 0 bridgehead atoms. The number of carboxylic acid groups (broad SMARTS) is 1. The molecule has 0 aliphatic carbocycles. The van der Waals surface area contributed by atoms with Crippen LogP contribution in [0.1, 0.15) is 33.1 Å². The highest BCUT2D eigenvalue weighted by Crippen LogP contribution is 2.51. The van der Waals surface area contributed by atoms with E-state index in [0.717, 1.165) is 25.9 Å². The van der Waals surface area contributed by atoms with E-state index in [9.17, 15) is 24.3 Å². The van der Waals surface area contributed by atoms with E-state index in [4.69, 9.17) is 0 Å². The van der Waals surface area contributed by atoms with Gasteiger partial charge in [-0.3, -0.25) is 14.4 Å². The Kier molecular flexibility index (Phi) is 7.25. The zero-order valence-corrected chi connectivity index (χ0v) is 21.1. The molecule has 0 radical (unpaired) electrons. The molecule has 0 aromatic heterocycles. The third-order valence-electron chi connectivity index (χ3n) is 7.28. The monoisotopic (exact) mass is 493 g/mol. The largest absolute Gasteiger partial charge is 0.477 e. The van der Waals surface area contributed by atoms with Crippen molar-refractivity contribution in [1.82, 2.24) is 25.3 Å². The molecule has 3 fully saturated rings. The molecule has 3 N–H and O–H groups in total. The number of carbonyl (C=O) groups is 4. The molecule has 4 heterocycles. The van der Waals surface area contributed by atoms with Crippen molar-refractivity contribution in [3.8, 4) is 0 Å². The first-order chi connectivity index (χ1) is 16.1. The van der Waals surface area contributed by atoms with Crippen LogP contribution in [0.25, 0.3) is 0 Å². The quantitative estimate of drug-likeness (QED) is 0.401. The first kappa shape index (κ1) is 25.0. The molecule has 0 unspecified atom stereocenters. The summed E-state index contributed by atoms with van der Waals surface area (Å²) in [7, 11) is 3.60. The molecule has 0 spiro atoms. The molecule has 188 valence electrons. The van der Waals surface area contributed by atoms with Crippen molar-refractivity contribution in [2.45, 2.75) is 56.5 Å². The van der Waals surface area contributed by atoms with Gasteiger partial charge in [0.15, 0.2) is 0 Å². The van der Waals surface area contributed by atoms with Gasteiger partial charge in [0.1, 0.15) is 5.70 Å². The molecule has 10 nitrogen and oxygen atoms in total. The number of carboxylic acids is 1. The molecular weight excluding hydrogens is 458 g/mol. The SMILES string of the molecule is C[C@@H](NC(=O)CN(C)C)[C@H]1C(=O)N2C(C(=O)O)=C(S[C@@H]3CN[C@H](C(=O)N4CCCC4)C3)[C@H](C)[C@H]12. The van der Waals surface area contributed by atoms with Crippen LogP contribution in [-0.4, -0.2) is 107 Å². The smallest absolute Gasteiger partial charge is 0.353 e. The maximum Gasteiger partial charge on any atom is 0.353 e. The predicted molar refractivity (Wildman–Crippen MR) is 128 cm³/mol. The predicted octanol–water partition coefficient (Wildman–Crippen LogP) is -0.0883. The normalized spacial score (nSPS) is 31.7. The number of fused-ring (bicyclic) bond motifs is 1. The van der Waals surface area contributed by atoms with E-state index in [1.807, 2.05) is 11.8 Å². The van der Waals surface area contributed by atoms with Crippen LogP contribution in [0.5, 0.6) is 0 Å². The topological polar surface area (TPSA) is 122 Å². The van der Waals surface area contributed by atoms with Crippen LogP contribution in [0.2, 0.25) is 0 Å². The van der Waals surface area contributed by atoms with Crippen molar-refractivity contribution in [1.29, 1.82) is 0 Å². The van der Waals surface area contributed by atoms with Crippen LogP contribution in [0.3, 0.4) is 0 Å². The lowest BCUT2D eigenvalue weighted by Crippen LogP contribution is -2.66. The number of nitrogens with zero attached hydrogens (tertiary/aromatic N) is 3. The Labute approximate surface area is 204 Å². The van der Waals surface area contributed by atoms with Crippen molar-refractivity contribution < 1.29 is 24.3 Å². The van der Waals surface area contributed by atoms with Gasteiger partial charge in [0, 0.05) is 41.7 Å². The Morgan fingerprint density at radius 2 is 1.94 bits per heavy atom. The van der Waals surface area contributed by atoms with Gasteiger partial charge in [-0.1, -0.05) is 6.92 Å². The van der Waals surface area contributed by atoms with E-state index in [-0.39, 0.29) is 53.2 Å². The van der Waals surface area contributed by atoms with Gasteiger partial charge >= 0.3 is 5.97 Å². The molecule has 4 aliphatic rings. The van der Waals surface area contributed by atoms with Crippen LogP contribution in [-0.2, 0) is 19.2 Å². The van der Waals surface area contributed by atoms with Gasteiger partial charge < -0.3 is 30.4 Å². The van der Waals surface area contributed by atoms with Crippen LogP contribution in [0, 0.1) is 11.8 Å². The zero-order chi connectivity index (χ0) is 24.7. The Balaban J connectivity index is 1.43. The molecule has 4 rings (SSSR count). The highest BCUT2D eigenvalue weighted by Gasteiger charge is 2.60. The number of rotatable bonds is 8. The summed E-state index contributed by atoms with van der Waals surface area (Å²) in [5.74, 6) is -2.01. The van der Waals surface area contributed by atoms with Crippen LogP contribution < -0.4 is 10.6 Å². The van der Waals surface area contributed by atoms with Crippen molar-refractivity contribution in [3.63, 3.8) is 0 Å². The summed E-state index contributed by atoms with van der Waals surface area (Å²) in [6.07, 6.45) is 2.73.